The molecule has 1 N–H and O–H groups in total. The summed E-state index contributed by atoms with van der Waals surface area (Å²) < 4.78 is 0. The molecule has 2 heterocycles. The molecule has 1 fully saturated rings. The predicted octanol–water partition coefficient (Wildman–Crippen LogP) is 2.53. The van der Waals surface area contributed by atoms with Gasteiger partial charge in [0, 0.05) is 42.8 Å². The van der Waals surface area contributed by atoms with E-state index >= 15 is 0 Å². The molecule has 0 spiro atoms. The Hall–Kier alpha value is -1.83. The topological polar surface area (TPSA) is 65.5 Å². The van der Waals surface area contributed by atoms with Gasteiger partial charge in [-0.2, -0.15) is 0 Å². The molecule has 1 aliphatic rings. The number of piperazine rings is 1. The van der Waals surface area contributed by atoms with Gasteiger partial charge in [-0.15, -0.1) is 11.3 Å². The minimum atomic E-state index is -0.392. The summed E-state index contributed by atoms with van der Waals surface area (Å²) in [6.45, 7) is 2.62. The Kier molecular flexibility index (Phi) is 5.78. The third kappa shape index (κ3) is 4.42. The van der Waals surface area contributed by atoms with Crippen LogP contribution in [-0.2, 0) is 4.79 Å². The fourth-order valence-corrected chi connectivity index (χ4v) is 3.75. The van der Waals surface area contributed by atoms with Gasteiger partial charge in [0.25, 0.3) is 5.91 Å². The van der Waals surface area contributed by atoms with Crippen molar-refractivity contribution in [1.29, 1.82) is 0 Å². The number of thiazole rings is 1. The van der Waals surface area contributed by atoms with Crippen LogP contribution in [0.4, 0.5) is 5.13 Å². The number of nitrogens with zero attached hydrogens (tertiary/aromatic N) is 3. The van der Waals surface area contributed by atoms with E-state index in [1.807, 2.05) is 5.38 Å². The Morgan fingerprint density at radius 2 is 1.96 bits per heavy atom. The molecule has 0 bridgehead atoms. The Bertz CT molecular complexity index is 762. The maximum atomic E-state index is 12.3. The number of amides is 2. The summed E-state index contributed by atoms with van der Waals surface area (Å²) >= 11 is 13.4. The molecular formula is C16H16Cl2N4O2S. The van der Waals surface area contributed by atoms with Crippen LogP contribution in [0.3, 0.4) is 0 Å². The lowest BCUT2D eigenvalue weighted by Crippen LogP contribution is -2.51. The molecule has 1 saturated heterocycles. The van der Waals surface area contributed by atoms with Crippen molar-refractivity contribution in [3.8, 4) is 0 Å². The van der Waals surface area contributed by atoms with E-state index in [0.29, 0.717) is 23.7 Å². The quantitative estimate of drug-likeness (QED) is 0.858. The van der Waals surface area contributed by atoms with Gasteiger partial charge in [-0.1, -0.05) is 23.2 Å². The highest BCUT2D eigenvalue weighted by atomic mass is 35.5. The molecule has 0 unspecified atom stereocenters. The zero-order chi connectivity index (χ0) is 17.8. The maximum Gasteiger partial charge on any atom is 0.253 e. The summed E-state index contributed by atoms with van der Waals surface area (Å²) in [6.07, 6.45) is 1.77. The van der Waals surface area contributed by atoms with Crippen LogP contribution in [0, 0.1) is 0 Å². The van der Waals surface area contributed by atoms with Gasteiger partial charge in [0.2, 0.25) is 5.91 Å². The number of aromatic nitrogens is 1. The van der Waals surface area contributed by atoms with Gasteiger partial charge in [0.05, 0.1) is 17.1 Å². The Morgan fingerprint density at radius 3 is 2.60 bits per heavy atom. The van der Waals surface area contributed by atoms with Crippen LogP contribution in [-0.4, -0.2) is 54.4 Å². The summed E-state index contributed by atoms with van der Waals surface area (Å²) in [5, 5.41) is 6.23. The monoisotopic (exact) mass is 398 g/mol. The van der Waals surface area contributed by atoms with Gasteiger partial charge in [-0.05, 0) is 18.2 Å². The lowest BCUT2D eigenvalue weighted by Gasteiger charge is -2.34. The minimum absolute atomic E-state index is 0.0605. The summed E-state index contributed by atoms with van der Waals surface area (Å²) in [4.78, 5) is 32.6. The number of rotatable bonds is 4. The molecule has 9 heteroatoms. The lowest BCUT2D eigenvalue weighted by atomic mass is 10.2. The summed E-state index contributed by atoms with van der Waals surface area (Å²) in [7, 11) is 0. The van der Waals surface area contributed by atoms with Gasteiger partial charge < -0.3 is 15.1 Å². The molecule has 0 aliphatic carbocycles. The van der Waals surface area contributed by atoms with Crippen molar-refractivity contribution < 1.29 is 9.59 Å². The smallest absolute Gasteiger partial charge is 0.253 e. The van der Waals surface area contributed by atoms with Gasteiger partial charge in [0.1, 0.15) is 0 Å². The standard InChI is InChI=1S/C16H16Cl2N4O2S/c17-11-1-2-12(13(18)9-11)15(24)20-10-14(23)21-4-6-22(7-5-21)16-19-3-8-25-16/h1-3,8-9H,4-7,10H2,(H,20,24). The highest BCUT2D eigenvalue weighted by Crippen LogP contribution is 2.21. The van der Waals surface area contributed by atoms with E-state index < -0.39 is 5.91 Å². The van der Waals surface area contributed by atoms with Crippen molar-refractivity contribution in [2.24, 2.45) is 0 Å². The van der Waals surface area contributed by atoms with Crippen molar-refractivity contribution in [2.75, 3.05) is 37.6 Å². The first-order chi connectivity index (χ1) is 12.0. The number of carbonyl (C=O) groups excluding carboxylic acids is 2. The van der Waals surface area contributed by atoms with Crippen molar-refractivity contribution in [3.05, 3.63) is 45.4 Å². The van der Waals surface area contributed by atoms with Gasteiger partial charge in [-0.3, -0.25) is 9.59 Å². The SMILES string of the molecule is O=C(NCC(=O)N1CCN(c2nccs2)CC1)c1ccc(Cl)cc1Cl. The molecule has 132 valence electrons. The zero-order valence-electron chi connectivity index (χ0n) is 13.2. The summed E-state index contributed by atoms with van der Waals surface area (Å²) in [6, 6.07) is 4.62. The fourth-order valence-electron chi connectivity index (χ4n) is 2.56. The van der Waals surface area contributed by atoms with Crippen molar-refractivity contribution in [3.63, 3.8) is 0 Å². The van der Waals surface area contributed by atoms with Gasteiger partial charge in [0.15, 0.2) is 5.13 Å². The first kappa shape index (κ1) is 18.0. The second-order valence-corrected chi connectivity index (χ2v) is 7.21. The van der Waals surface area contributed by atoms with Crippen LogP contribution < -0.4 is 10.2 Å². The third-order valence-corrected chi connectivity index (χ3v) is 5.28. The third-order valence-electron chi connectivity index (χ3n) is 3.90. The first-order valence-corrected chi connectivity index (χ1v) is 9.33. The van der Waals surface area contributed by atoms with E-state index in [0.717, 1.165) is 18.2 Å². The van der Waals surface area contributed by atoms with Crippen LogP contribution >= 0.6 is 34.5 Å². The van der Waals surface area contributed by atoms with Gasteiger partial charge >= 0.3 is 0 Å². The van der Waals surface area contributed by atoms with Crippen molar-refractivity contribution in [2.45, 2.75) is 0 Å². The number of carbonyl (C=O) groups is 2. The largest absolute Gasteiger partial charge is 0.345 e. The maximum absolute atomic E-state index is 12.3. The first-order valence-electron chi connectivity index (χ1n) is 7.70. The van der Waals surface area contributed by atoms with E-state index in [9.17, 15) is 9.59 Å². The number of anilines is 1. The molecule has 1 aliphatic heterocycles. The van der Waals surface area contributed by atoms with Crippen LogP contribution in [0.25, 0.3) is 0 Å². The van der Waals surface area contributed by atoms with E-state index in [-0.39, 0.29) is 17.5 Å². The number of hydrogen-bond donors (Lipinski definition) is 1. The van der Waals surface area contributed by atoms with Crippen LogP contribution in [0.15, 0.2) is 29.8 Å². The number of halogens is 2. The minimum Gasteiger partial charge on any atom is -0.345 e. The zero-order valence-corrected chi connectivity index (χ0v) is 15.6. The predicted molar refractivity (Wildman–Crippen MR) is 99.7 cm³/mol. The van der Waals surface area contributed by atoms with E-state index in [1.54, 1.807) is 28.5 Å². The normalized spacial score (nSPS) is 14.5. The van der Waals surface area contributed by atoms with Crippen molar-refractivity contribution >= 4 is 51.5 Å². The van der Waals surface area contributed by atoms with E-state index in [2.05, 4.69) is 15.2 Å². The summed E-state index contributed by atoms with van der Waals surface area (Å²) in [5.41, 5.74) is 0.299. The molecule has 1 aromatic heterocycles. The highest BCUT2D eigenvalue weighted by Gasteiger charge is 2.22. The highest BCUT2D eigenvalue weighted by molar-refractivity contribution is 7.13. The van der Waals surface area contributed by atoms with Crippen LogP contribution in [0.1, 0.15) is 10.4 Å². The average molecular weight is 399 g/mol. The van der Waals surface area contributed by atoms with Crippen molar-refractivity contribution in [1.82, 2.24) is 15.2 Å². The molecule has 0 radical (unpaired) electrons. The van der Waals surface area contributed by atoms with Gasteiger partial charge in [-0.25, -0.2) is 4.98 Å². The second kappa shape index (κ2) is 8.03. The van der Waals surface area contributed by atoms with E-state index in [1.165, 1.54) is 12.1 Å². The van der Waals surface area contributed by atoms with E-state index in [4.69, 9.17) is 23.2 Å². The molecule has 25 heavy (non-hydrogen) atoms. The Morgan fingerprint density at radius 1 is 1.20 bits per heavy atom. The summed E-state index contributed by atoms with van der Waals surface area (Å²) in [5.74, 6) is -0.506. The molecule has 2 aromatic rings. The molecule has 0 atom stereocenters. The molecular weight excluding hydrogens is 383 g/mol. The Labute approximate surface area is 159 Å². The van der Waals surface area contributed by atoms with Crippen LogP contribution in [0.5, 0.6) is 0 Å². The molecule has 0 saturated carbocycles. The number of hydrogen-bond acceptors (Lipinski definition) is 5. The number of nitrogens with one attached hydrogen (secondary N) is 1. The molecule has 6 nitrogen and oxygen atoms in total. The number of benzene rings is 1. The molecule has 1 aromatic carbocycles. The lowest BCUT2D eigenvalue weighted by molar-refractivity contribution is -0.130. The molecule has 2 amide bonds. The van der Waals surface area contributed by atoms with Crippen LogP contribution in [0.2, 0.25) is 10.0 Å². The Balaban J connectivity index is 1.49. The average Bonchev–Trinajstić information content (AvgIpc) is 3.14. The second-order valence-electron chi connectivity index (χ2n) is 5.49. The molecule has 3 rings (SSSR count). The fraction of sp³-hybridized carbons (Fsp3) is 0.312.